The van der Waals surface area contributed by atoms with Crippen LogP contribution in [0.15, 0.2) is 54.7 Å². The Morgan fingerprint density at radius 1 is 0.889 bits per heavy atom. The second-order valence-corrected chi connectivity index (χ2v) is 10.4. The van der Waals surface area contributed by atoms with Crippen LogP contribution >= 0.6 is 0 Å². The van der Waals surface area contributed by atoms with Crippen LogP contribution in [0.2, 0.25) is 0 Å². The molecule has 1 N–H and O–H groups in total. The number of aromatic nitrogens is 3. The van der Waals surface area contributed by atoms with Crippen molar-refractivity contribution in [3.05, 3.63) is 54.7 Å². The van der Waals surface area contributed by atoms with Gasteiger partial charge < -0.3 is 15.0 Å². The summed E-state index contributed by atoms with van der Waals surface area (Å²) in [7, 11) is 0. The molecule has 3 saturated heterocycles. The second kappa shape index (κ2) is 8.98. The molecule has 184 valence electrons. The summed E-state index contributed by atoms with van der Waals surface area (Å²) >= 11 is 0. The van der Waals surface area contributed by atoms with Crippen LogP contribution in [0.1, 0.15) is 25.7 Å². The number of hydrogen-bond acceptors (Lipinski definition) is 7. The smallest absolute Gasteiger partial charge is 0.217 e. The van der Waals surface area contributed by atoms with E-state index >= 15 is 0 Å². The first-order valence-corrected chi connectivity index (χ1v) is 13.3. The summed E-state index contributed by atoms with van der Waals surface area (Å²) in [6, 6.07) is 16.7. The van der Waals surface area contributed by atoms with Crippen LogP contribution in [0.3, 0.4) is 0 Å². The third-order valence-electron chi connectivity index (χ3n) is 8.28. The largest absolute Gasteiger partial charge is 0.476 e. The molecule has 0 saturated carbocycles. The van der Waals surface area contributed by atoms with Gasteiger partial charge in [-0.3, -0.25) is 4.90 Å². The number of piperazine rings is 1. The zero-order valence-electron chi connectivity index (χ0n) is 20.6. The van der Waals surface area contributed by atoms with Crippen LogP contribution in [-0.2, 0) is 0 Å². The Morgan fingerprint density at radius 2 is 1.69 bits per heavy atom. The van der Waals surface area contributed by atoms with Crippen LogP contribution in [0.5, 0.6) is 5.88 Å². The third-order valence-corrected chi connectivity index (χ3v) is 8.28. The average Bonchev–Trinajstić information content (AvgIpc) is 3.52. The molecule has 0 aliphatic carbocycles. The van der Waals surface area contributed by atoms with Gasteiger partial charge in [0.1, 0.15) is 12.4 Å². The lowest BCUT2D eigenvalue weighted by atomic mass is 9.95. The molecule has 0 atom stereocenters. The van der Waals surface area contributed by atoms with Gasteiger partial charge in [-0.05, 0) is 49.5 Å². The number of hydrogen-bond donors (Lipinski definition) is 1. The summed E-state index contributed by atoms with van der Waals surface area (Å²) in [5.41, 5.74) is 2.12. The Balaban J connectivity index is 1.30. The fourth-order valence-corrected chi connectivity index (χ4v) is 6.40. The first-order valence-electron chi connectivity index (χ1n) is 13.3. The Bertz CT molecular complexity index is 1400. The van der Waals surface area contributed by atoms with Crippen LogP contribution < -0.4 is 15.0 Å². The molecule has 2 aromatic carbocycles. The van der Waals surface area contributed by atoms with E-state index in [9.17, 15) is 0 Å². The van der Waals surface area contributed by atoms with E-state index < -0.39 is 0 Å². The number of ether oxygens (including phenoxy) is 1. The normalized spacial score (nSPS) is 19.7. The molecule has 0 bridgehead atoms. The molecule has 3 fully saturated rings. The zero-order chi connectivity index (χ0) is 24.0. The Labute approximate surface area is 211 Å². The highest BCUT2D eigenvalue weighted by atomic mass is 16.5. The van der Waals surface area contributed by atoms with Crippen molar-refractivity contribution < 1.29 is 4.74 Å². The SMILES string of the molecule is c1ccc2c(-c3ncc4c(N5CCNCC5)nc(OCC56CCCN5CCC6)cc4n3)cccc2c1. The van der Waals surface area contributed by atoms with Gasteiger partial charge in [0, 0.05) is 44.0 Å². The van der Waals surface area contributed by atoms with Crippen LogP contribution in [0.25, 0.3) is 33.1 Å². The maximum absolute atomic E-state index is 6.49. The summed E-state index contributed by atoms with van der Waals surface area (Å²) in [4.78, 5) is 19.9. The van der Waals surface area contributed by atoms with E-state index in [2.05, 4.69) is 57.6 Å². The Kier molecular flexibility index (Phi) is 5.47. The number of nitrogens with zero attached hydrogens (tertiary/aromatic N) is 5. The highest BCUT2D eigenvalue weighted by Crippen LogP contribution is 2.39. The number of benzene rings is 2. The number of pyridine rings is 1. The van der Waals surface area contributed by atoms with Crippen molar-refractivity contribution in [2.75, 3.05) is 50.8 Å². The lowest BCUT2D eigenvalue weighted by Gasteiger charge is -2.32. The Hall–Kier alpha value is -3.29. The van der Waals surface area contributed by atoms with E-state index in [0.717, 1.165) is 59.7 Å². The molecule has 36 heavy (non-hydrogen) atoms. The molecule has 3 aliphatic heterocycles. The van der Waals surface area contributed by atoms with Crippen molar-refractivity contribution in [1.29, 1.82) is 0 Å². The predicted octanol–water partition coefficient (Wildman–Crippen LogP) is 4.26. The molecule has 5 heterocycles. The second-order valence-electron chi connectivity index (χ2n) is 10.4. The van der Waals surface area contributed by atoms with Crippen molar-refractivity contribution >= 4 is 27.5 Å². The highest BCUT2D eigenvalue weighted by molar-refractivity contribution is 5.97. The van der Waals surface area contributed by atoms with Crippen LogP contribution in [-0.4, -0.2) is 71.3 Å². The summed E-state index contributed by atoms with van der Waals surface area (Å²) in [5.74, 6) is 2.34. The van der Waals surface area contributed by atoms with Crippen LogP contribution in [0.4, 0.5) is 5.82 Å². The van der Waals surface area contributed by atoms with Crippen molar-refractivity contribution in [1.82, 2.24) is 25.2 Å². The monoisotopic (exact) mass is 480 g/mol. The standard InChI is InChI=1S/C29H32N6O/c1-2-8-22-21(6-1)7-3-9-23(22)27-31-19-24-25(32-27)18-26(33-28(24)34-16-12-30-13-17-34)36-20-29-10-4-14-35(29)15-5-11-29/h1-3,6-9,18-19,30H,4-5,10-17,20H2. The molecule has 4 aromatic rings. The van der Waals surface area contributed by atoms with E-state index in [1.165, 1.54) is 44.2 Å². The van der Waals surface area contributed by atoms with E-state index in [1.54, 1.807) is 0 Å². The molecule has 2 aromatic heterocycles. The molecule has 7 heteroatoms. The lowest BCUT2D eigenvalue weighted by Crippen LogP contribution is -2.44. The van der Waals surface area contributed by atoms with Crippen molar-refractivity contribution in [3.63, 3.8) is 0 Å². The minimum Gasteiger partial charge on any atom is -0.476 e. The fourth-order valence-electron chi connectivity index (χ4n) is 6.40. The number of fused-ring (bicyclic) bond motifs is 3. The van der Waals surface area contributed by atoms with E-state index in [1.807, 2.05) is 12.3 Å². The van der Waals surface area contributed by atoms with Gasteiger partial charge in [0.05, 0.1) is 16.4 Å². The molecule has 0 unspecified atom stereocenters. The van der Waals surface area contributed by atoms with Gasteiger partial charge in [0.2, 0.25) is 5.88 Å². The lowest BCUT2D eigenvalue weighted by molar-refractivity contribution is 0.111. The highest BCUT2D eigenvalue weighted by Gasteiger charge is 2.44. The van der Waals surface area contributed by atoms with E-state index in [-0.39, 0.29) is 5.54 Å². The zero-order valence-corrected chi connectivity index (χ0v) is 20.6. The first-order chi connectivity index (χ1) is 17.8. The van der Waals surface area contributed by atoms with Gasteiger partial charge in [-0.2, -0.15) is 4.98 Å². The molecule has 3 aliphatic rings. The molecule has 0 radical (unpaired) electrons. The molecule has 0 amide bonds. The topological polar surface area (TPSA) is 66.4 Å². The van der Waals surface area contributed by atoms with Gasteiger partial charge in [0.15, 0.2) is 5.82 Å². The van der Waals surface area contributed by atoms with Crippen molar-refractivity contribution in [2.45, 2.75) is 31.2 Å². The van der Waals surface area contributed by atoms with Crippen molar-refractivity contribution in [2.24, 2.45) is 0 Å². The molecule has 7 rings (SSSR count). The quantitative estimate of drug-likeness (QED) is 0.458. The molecular formula is C29H32N6O. The van der Waals surface area contributed by atoms with Gasteiger partial charge >= 0.3 is 0 Å². The van der Waals surface area contributed by atoms with Gasteiger partial charge in [-0.15, -0.1) is 0 Å². The first kappa shape index (κ1) is 21.9. The number of anilines is 1. The minimum atomic E-state index is 0.186. The van der Waals surface area contributed by atoms with Gasteiger partial charge in [-0.1, -0.05) is 42.5 Å². The van der Waals surface area contributed by atoms with Gasteiger partial charge in [0.25, 0.3) is 0 Å². The van der Waals surface area contributed by atoms with E-state index in [4.69, 9.17) is 19.7 Å². The number of nitrogens with one attached hydrogen (secondary N) is 1. The summed E-state index contributed by atoms with van der Waals surface area (Å²) in [6.07, 6.45) is 6.92. The third kappa shape index (κ3) is 3.78. The summed E-state index contributed by atoms with van der Waals surface area (Å²) in [5, 5.41) is 6.78. The number of rotatable bonds is 5. The average molecular weight is 481 g/mol. The molecule has 7 nitrogen and oxygen atoms in total. The van der Waals surface area contributed by atoms with E-state index in [0.29, 0.717) is 12.5 Å². The fraction of sp³-hybridized carbons (Fsp3) is 0.414. The minimum absolute atomic E-state index is 0.186. The molecule has 0 spiro atoms. The maximum Gasteiger partial charge on any atom is 0.217 e. The van der Waals surface area contributed by atoms with Crippen molar-refractivity contribution in [3.8, 4) is 17.3 Å². The van der Waals surface area contributed by atoms with Gasteiger partial charge in [-0.25, -0.2) is 9.97 Å². The summed E-state index contributed by atoms with van der Waals surface area (Å²) < 4.78 is 6.49. The predicted molar refractivity (Wildman–Crippen MR) is 144 cm³/mol. The molecular weight excluding hydrogens is 448 g/mol. The Morgan fingerprint density at radius 3 is 2.56 bits per heavy atom. The maximum atomic E-state index is 6.49. The van der Waals surface area contributed by atoms with Crippen LogP contribution in [0, 0.1) is 0 Å². The summed E-state index contributed by atoms with van der Waals surface area (Å²) in [6.45, 7) is 6.81.